The van der Waals surface area contributed by atoms with E-state index in [1.807, 2.05) is 31.4 Å². The second kappa shape index (κ2) is 6.35. The Labute approximate surface area is 121 Å². The maximum absolute atomic E-state index is 12.3. The van der Waals surface area contributed by atoms with Crippen LogP contribution in [0.1, 0.15) is 34.3 Å². The van der Waals surface area contributed by atoms with E-state index in [9.17, 15) is 4.79 Å². The number of aryl methyl sites for hydroxylation is 3. The Morgan fingerprint density at radius 1 is 1.60 bits per heavy atom. The van der Waals surface area contributed by atoms with E-state index in [0.29, 0.717) is 18.8 Å². The predicted molar refractivity (Wildman–Crippen MR) is 78.8 cm³/mol. The Bertz CT molecular complexity index is 650. The molecule has 0 bridgehead atoms. The van der Waals surface area contributed by atoms with Crippen molar-refractivity contribution in [1.29, 1.82) is 5.26 Å². The zero-order chi connectivity index (χ0) is 14.5. The van der Waals surface area contributed by atoms with Crippen molar-refractivity contribution in [2.24, 2.45) is 0 Å². The molecule has 0 spiro atoms. The third-order valence-electron chi connectivity index (χ3n) is 2.91. The average Bonchev–Trinajstić information content (AvgIpc) is 3.02. The first-order valence-corrected chi connectivity index (χ1v) is 7.32. The molecule has 0 saturated carbocycles. The minimum Gasteiger partial charge on any atom is -0.306 e. The summed E-state index contributed by atoms with van der Waals surface area (Å²) in [6, 6.07) is 5.86. The molecule has 1 amide bonds. The average molecular weight is 288 g/mol. The largest absolute Gasteiger partial charge is 0.306 e. The Kier molecular flexibility index (Phi) is 4.53. The highest BCUT2D eigenvalue weighted by atomic mass is 32.1. The van der Waals surface area contributed by atoms with Crippen molar-refractivity contribution in [1.82, 2.24) is 9.78 Å². The molecule has 2 aromatic heterocycles. The molecule has 1 N–H and O–H groups in total. The van der Waals surface area contributed by atoms with E-state index < -0.39 is 0 Å². The minimum atomic E-state index is -0.116. The maximum atomic E-state index is 12.3. The summed E-state index contributed by atoms with van der Waals surface area (Å²) in [6.07, 6.45) is 1.20. The summed E-state index contributed by atoms with van der Waals surface area (Å²) in [5.41, 5.74) is 1.87. The molecule has 104 valence electrons. The second-order valence-corrected chi connectivity index (χ2v) is 5.30. The highest BCUT2D eigenvalue weighted by Crippen LogP contribution is 2.20. The zero-order valence-electron chi connectivity index (χ0n) is 11.5. The third kappa shape index (κ3) is 3.06. The molecule has 0 aliphatic rings. The van der Waals surface area contributed by atoms with Crippen LogP contribution < -0.4 is 5.32 Å². The van der Waals surface area contributed by atoms with Crippen molar-refractivity contribution in [2.75, 3.05) is 5.32 Å². The summed E-state index contributed by atoms with van der Waals surface area (Å²) in [5, 5.41) is 17.7. The first kappa shape index (κ1) is 14.3. The van der Waals surface area contributed by atoms with Crippen LogP contribution in [0.5, 0.6) is 0 Å². The molecule has 20 heavy (non-hydrogen) atoms. The van der Waals surface area contributed by atoms with Gasteiger partial charge in [0.25, 0.3) is 5.91 Å². The van der Waals surface area contributed by atoms with Crippen LogP contribution in [0.4, 0.5) is 5.82 Å². The number of amides is 1. The van der Waals surface area contributed by atoms with Crippen LogP contribution in [0.25, 0.3) is 0 Å². The van der Waals surface area contributed by atoms with Crippen molar-refractivity contribution in [3.63, 3.8) is 0 Å². The number of anilines is 1. The van der Waals surface area contributed by atoms with Crippen LogP contribution in [-0.4, -0.2) is 15.7 Å². The van der Waals surface area contributed by atoms with Crippen LogP contribution >= 0.6 is 11.3 Å². The maximum Gasteiger partial charge on any atom is 0.267 e. The lowest BCUT2D eigenvalue weighted by atomic mass is 10.2. The van der Waals surface area contributed by atoms with E-state index in [4.69, 9.17) is 5.26 Å². The quantitative estimate of drug-likeness (QED) is 0.919. The summed E-state index contributed by atoms with van der Waals surface area (Å²) in [4.78, 5) is 13.0. The summed E-state index contributed by atoms with van der Waals surface area (Å²) >= 11 is 1.44. The van der Waals surface area contributed by atoms with Gasteiger partial charge in [-0.25, -0.2) is 4.68 Å². The van der Waals surface area contributed by atoms with Gasteiger partial charge in [-0.3, -0.25) is 4.79 Å². The lowest BCUT2D eigenvalue weighted by Gasteiger charge is -2.07. The molecule has 0 aromatic carbocycles. The van der Waals surface area contributed by atoms with Gasteiger partial charge in [0.05, 0.1) is 29.6 Å². The number of hydrogen-bond donors (Lipinski definition) is 1. The molecular weight excluding hydrogens is 272 g/mol. The fourth-order valence-corrected chi connectivity index (χ4v) is 2.85. The Morgan fingerprint density at radius 2 is 2.40 bits per heavy atom. The molecular formula is C14H16N4OS. The number of carbonyl (C=O) groups excluding carboxylic acids is 1. The lowest BCUT2D eigenvalue weighted by Crippen LogP contribution is -2.16. The molecule has 0 atom stereocenters. The van der Waals surface area contributed by atoms with Gasteiger partial charge < -0.3 is 5.32 Å². The van der Waals surface area contributed by atoms with Crippen molar-refractivity contribution in [2.45, 2.75) is 33.2 Å². The van der Waals surface area contributed by atoms with Crippen molar-refractivity contribution >= 4 is 23.1 Å². The van der Waals surface area contributed by atoms with Crippen LogP contribution in [-0.2, 0) is 13.0 Å². The topological polar surface area (TPSA) is 70.7 Å². The minimum absolute atomic E-state index is 0.116. The van der Waals surface area contributed by atoms with E-state index >= 15 is 0 Å². The second-order valence-electron chi connectivity index (χ2n) is 4.38. The van der Waals surface area contributed by atoms with E-state index in [1.165, 1.54) is 11.3 Å². The number of nitrogens with zero attached hydrogens (tertiary/aromatic N) is 3. The molecule has 2 aromatic rings. The number of thiophene rings is 1. The molecule has 0 saturated heterocycles. The predicted octanol–water partition coefficient (Wildman–Crippen LogP) is 2.98. The summed E-state index contributed by atoms with van der Waals surface area (Å²) in [5.74, 6) is 0.521. The monoisotopic (exact) mass is 288 g/mol. The molecule has 2 heterocycles. The standard InChI is InChI=1S/C14H16N4OS/c1-3-11-5-8-20-13(11)14(19)16-12-9-10(2)17-18(12)7-4-6-15/h5,8-9H,3-4,7H2,1-2H3,(H,16,19). The van der Waals surface area contributed by atoms with Crippen LogP contribution in [0.2, 0.25) is 0 Å². The highest BCUT2D eigenvalue weighted by molar-refractivity contribution is 7.12. The van der Waals surface area contributed by atoms with Gasteiger partial charge in [-0.1, -0.05) is 6.92 Å². The zero-order valence-corrected chi connectivity index (χ0v) is 12.3. The number of nitrogens with one attached hydrogen (secondary N) is 1. The van der Waals surface area contributed by atoms with Gasteiger partial charge in [0, 0.05) is 6.07 Å². The van der Waals surface area contributed by atoms with E-state index in [2.05, 4.69) is 16.5 Å². The number of nitriles is 1. The summed E-state index contributed by atoms with van der Waals surface area (Å²) in [7, 11) is 0. The lowest BCUT2D eigenvalue weighted by molar-refractivity contribution is 0.102. The fraction of sp³-hybridized carbons (Fsp3) is 0.357. The van der Waals surface area contributed by atoms with Crippen LogP contribution in [0, 0.1) is 18.3 Å². The van der Waals surface area contributed by atoms with Crippen molar-refractivity contribution in [3.8, 4) is 6.07 Å². The van der Waals surface area contributed by atoms with Crippen molar-refractivity contribution < 1.29 is 4.79 Å². The molecule has 6 heteroatoms. The summed E-state index contributed by atoms with van der Waals surface area (Å²) < 4.78 is 1.66. The molecule has 0 fully saturated rings. The highest BCUT2D eigenvalue weighted by Gasteiger charge is 2.15. The fourth-order valence-electron chi connectivity index (χ4n) is 1.96. The number of rotatable bonds is 5. The number of carbonyl (C=O) groups is 1. The SMILES string of the molecule is CCc1ccsc1C(=O)Nc1cc(C)nn1CCC#N. The van der Waals surface area contributed by atoms with Gasteiger partial charge in [0.1, 0.15) is 5.82 Å². The third-order valence-corrected chi connectivity index (χ3v) is 3.87. The van der Waals surface area contributed by atoms with E-state index in [0.717, 1.165) is 22.6 Å². The normalized spacial score (nSPS) is 10.2. The first-order valence-electron chi connectivity index (χ1n) is 6.44. The van der Waals surface area contributed by atoms with Gasteiger partial charge in [-0.05, 0) is 30.4 Å². The van der Waals surface area contributed by atoms with Crippen molar-refractivity contribution in [3.05, 3.63) is 33.6 Å². The molecule has 5 nitrogen and oxygen atoms in total. The van der Waals surface area contributed by atoms with Crippen LogP contribution in [0.3, 0.4) is 0 Å². The van der Waals surface area contributed by atoms with Gasteiger partial charge in [0.15, 0.2) is 0 Å². The van der Waals surface area contributed by atoms with Gasteiger partial charge in [-0.2, -0.15) is 10.4 Å². The van der Waals surface area contributed by atoms with Gasteiger partial charge in [-0.15, -0.1) is 11.3 Å². The first-order chi connectivity index (χ1) is 9.65. The molecule has 0 unspecified atom stereocenters. The molecule has 0 aliphatic heterocycles. The van der Waals surface area contributed by atoms with Gasteiger partial charge >= 0.3 is 0 Å². The van der Waals surface area contributed by atoms with E-state index in [1.54, 1.807) is 4.68 Å². The Morgan fingerprint density at radius 3 is 3.10 bits per heavy atom. The molecule has 0 aliphatic carbocycles. The smallest absolute Gasteiger partial charge is 0.267 e. The Balaban J connectivity index is 2.17. The number of hydrogen-bond acceptors (Lipinski definition) is 4. The van der Waals surface area contributed by atoms with E-state index in [-0.39, 0.29) is 5.91 Å². The Hall–Kier alpha value is -2.13. The van der Waals surface area contributed by atoms with Gasteiger partial charge in [0.2, 0.25) is 0 Å². The molecule has 2 rings (SSSR count). The number of aromatic nitrogens is 2. The summed E-state index contributed by atoms with van der Waals surface area (Å²) in [6.45, 7) is 4.37. The molecule has 0 radical (unpaired) electrons. The van der Waals surface area contributed by atoms with Crippen LogP contribution in [0.15, 0.2) is 17.5 Å².